The number of thiazole rings is 1. The van der Waals surface area contributed by atoms with Crippen LogP contribution in [0.4, 0.5) is 0 Å². The molecular formula is C19H17NO3S. The Morgan fingerprint density at radius 3 is 2.62 bits per heavy atom. The van der Waals surface area contributed by atoms with E-state index in [-0.39, 0.29) is 5.78 Å². The van der Waals surface area contributed by atoms with Crippen LogP contribution in [-0.2, 0) is 6.61 Å². The zero-order valence-corrected chi connectivity index (χ0v) is 14.3. The fourth-order valence-electron chi connectivity index (χ4n) is 2.24. The topological polar surface area (TPSA) is 48.4 Å². The zero-order chi connectivity index (χ0) is 16.9. The minimum atomic E-state index is -0.00754. The maximum Gasteiger partial charge on any atom is 0.161 e. The van der Waals surface area contributed by atoms with Crippen molar-refractivity contribution in [2.45, 2.75) is 13.5 Å². The molecule has 0 saturated heterocycles. The van der Waals surface area contributed by atoms with Crippen molar-refractivity contribution < 1.29 is 14.3 Å². The van der Waals surface area contributed by atoms with Crippen molar-refractivity contribution in [2.75, 3.05) is 7.11 Å². The maximum absolute atomic E-state index is 11.4. The van der Waals surface area contributed by atoms with Gasteiger partial charge in [0.1, 0.15) is 11.6 Å². The van der Waals surface area contributed by atoms with Gasteiger partial charge in [-0.15, -0.1) is 11.3 Å². The molecule has 5 heteroatoms. The second-order valence-electron chi connectivity index (χ2n) is 5.22. The number of nitrogens with zero attached hydrogens (tertiary/aromatic N) is 1. The second kappa shape index (κ2) is 7.27. The Hall–Kier alpha value is -2.66. The van der Waals surface area contributed by atoms with Gasteiger partial charge in [0.2, 0.25) is 0 Å². The van der Waals surface area contributed by atoms with E-state index in [1.54, 1.807) is 36.6 Å². The molecule has 0 unspecified atom stereocenters. The van der Waals surface area contributed by atoms with E-state index in [4.69, 9.17) is 9.47 Å². The normalized spacial score (nSPS) is 10.4. The number of aromatic nitrogens is 1. The van der Waals surface area contributed by atoms with Crippen molar-refractivity contribution in [2.24, 2.45) is 0 Å². The molecule has 1 heterocycles. The molecule has 0 saturated carbocycles. The van der Waals surface area contributed by atoms with E-state index in [1.165, 1.54) is 6.92 Å². The number of Topliss-reactive ketones (excluding diaryl/α,β-unsaturated/α-hetero) is 1. The molecule has 0 bridgehead atoms. The molecule has 0 N–H and O–H groups in total. The van der Waals surface area contributed by atoms with Crippen molar-refractivity contribution in [1.82, 2.24) is 4.98 Å². The first-order valence-electron chi connectivity index (χ1n) is 7.49. The summed E-state index contributed by atoms with van der Waals surface area (Å²) in [7, 11) is 1.56. The van der Waals surface area contributed by atoms with Gasteiger partial charge >= 0.3 is 0 Å². The molecule has 0 aliphatic heterocycles. The van der Waals surface area contributed by atoms with Gasteiger partial charge in [0.15, 0.2) is 17.3 Å². The van der Waals surface area contributed by atoms with E-state index < -0.39 is 0 Å². The summed E-state index contributed by atoms with van der Waals surface area (Å²) in [5.74, 6) is 1.13. The SMILES string of the molecule is COc1cc(C(C)=O)ccc1OCc1csc(-c2ccccc2)n1. The first kappa shape index (κ1) is 16.2. The standard InChI is InChI=1S/C19H17NO3S/c1-13(21)15-8-9-17(18(10-15)22-2)23-11-16-12-24-19(20-16)14-6-4-3-5-7-14/h3-10,12H,11H2,1-2H3. The summed E-state index contributed by atoms with van der Waals surface area (Å²) >= 11 is 1.59. The van der Waals surface area contributed by atoms with Gasteiger partial charge < -0.3 is 9.47 Å². The van der Waals surface area contributed by atoms with Gasteiger partial charge in [0, 0.05) is 16.5 Å². The van der Waals surface area contributed by atoms with Crippen LogP contribution in [0.2, 0.25) is 0 Å². The lowest BCUT2D eigenvalue weighted by atomic mass is 10.1. The number of carbonyl (C=O) groups is 1. The van der Waals surface area contributed by atoms with Crippen LogP contribution in [0.1, 0.15) is 23.0 Å². The van der Waals surface area contributed by atoms with E-state index in [9.17, 15) is 4.79 Å². The van der Waals surface area contributed by atoms with Crippen LogP contribution in [0.3, 0.4) is 0 Å². The molecule has 0 aliphatic rings. The molecule has 2 aromatic carbocycles. The first-order chi connectivity index (χ1) is 11.7. The maximum atomic E-state index is 11.4. The Kier molecular flexibility index (Phi) is 4.91. The highest BCUT2D eigenvalue weighted by Gasteiger charge is 2.10. The van der Waals surface area contributed by atoms with E-state index in [1.807, 2.05) is 35.7 Å². The average molecular weight is 339 g/mol. The smallest absolute Gasteiger partial charge is 0.161 e. The van der Waals surface area contributed by atoms with Crippen LogP contribution >= 0.6 is 11.3 Å². The van der Waals surface area contributed by atoms with Crippen LogP contribution in [0, 0.1) is 0 Å². The minimum absolute atomic E-state index is 0.00754. The lowest BCUT2D eigenvalue weighted by Crippen LogP contribution is -2.00. The Morgan fingerprint density at radius 1 is 1.12 bits per heavy atom. The second-order valence-corrected chi connectivity index (χ2v) is 6.08. The number of hydrogen-bond donors (Lipinski definition) is 0. The van der Waals surface area contributed by atoms with Crippen LogP contribution in [0.25, 0.3) is 10.6 Å². The third-order valence-corrected chi connectivity index (χ3v) is 4.46. The molecule has 0 aliphatic carbocycles. The van der Waals surface area contributed by atoms with Gasteiger partial charge in [-0.1, -0.05) is 30.3 Å². The van der Waals surface area contributed by atoms with E-state index in [0.717, 1.165) is 16.3 Å². The van der Waals surface area contributed by atoms with Crippen LogP contribution in [0.15, 0.2) is 53.9 Å². The molecule has 1 aromatic heterocycles. The fourth-order valence-corrected chi connectivity index (χ4v) is 3.05. The van der Waals surface area contributed by atoms with Gasteiger partial charge in [0.05, 0.1) is 12.8 Å². The summed E-state index contributed by atoms with van der Waals surface area (Å²) < 4.78 is 11.1. The van der Waals surface area contributed by atoms with Gasteiger partial charge in [-0.2, -0.15) is 0 Å². The Bertz CT molecular complexity index is 843. The molecule has 3 aromatic rings. The molecule has 3 rings (SSSR count). The molecule has 4 nitrogen and oxygen atoms in total. The molecule has 122 valence electrons. The number of rotatable bonds is 6. The molecule has 0 spiro atoms. The molecule has 0 atom stereocenters. The van der Waals surface area contributed by atoms with Crippen LogP contribution in [0.5, 0.6) is 11.5 Å². The largest absolute Gasteiger partial charge is 0.493 e. The minimum Gasteiger partial charge on any atom is -0.493 e. The molecule has 24 heavy (non-hydrogen) atoms. The number of benzene rings is 2. The van der Waals surface area contributed by atoms with Crippen molar-refractivity contribution in [1.29, 1.82) is 0 Å². The highest BCUT2D eigenvalue weighted by Crippen LogP contribution is 2.30. The van der Waals surface area contributed by atoms with E-state index in [0.29, 0.717) is 23.7 Å². The Balaban J connectivity index is 1.72. The highest BCUT2D eigenvalue weighted by molar-refractivity contribution is 7.13. The molecule has 0 radical (unpaired) electrons. The summed E-state index contributed by atoms with van der Waals surface area (Å²) in [4.78, 5) is 16.0. The van der Waals surface area contributed by atoms with Crippen molar-refractivity contribution >= 4 is 17.1 Å². The van der Waals surface area contributed by atoms with Gasteiger partial charge in [0.25, 0.3) is 0 Å². The van der Waals surface area contributed by atoms with Gasteiger partial charge in [-0.25, -0.2) is 4.98 Å². The lowest BCUT2D eigenvalue weighted by Gasteiger charge is -2.10. The third kappa shape index (κ3) is 3.63. The Labute approximate surface area is 144 Å². The third-order valence-electron chi connectivity index (χ3n) is 3.52. The number of methoxy groups -OCH3 is 1. The van der Waals surface area contributed by atoms with Crippen LogP contribution in [-0.4, -0.2) is 17.9 Å². The number of ketones is 1. The zero-order valence-electron chi connectivity index (χ0n) is 13.5. The van der Waals surface area contributed by atoms with E-state index in [2.05, 4.69) is 4.98 Å². The van der Waals surface area contributed by atoms with E-state index >= 15 is 0 Å². The fraction of sp³-hybridized carbons (Fsp3) is 0.158. The van der Waals surface area contributed by atoms with Crippen molar-refractivity contribution in [3.8, 4) is 22.1 Å². The lowest BCUT2D eigenvalue weighted by molar-refractivity contribution is 0.101. The number of carbonyl (C=O) groups excluding carboxylic acids is 1. The van der Waals surface area contributed by atoms with Crippen LogP contribution < -0.4 is 9.47 Å². The monoisotopic (exact) mass is 339 g/mol. The average Bonchev–Trinajstić information content (AvgIpc) is 3.09. The van der Waals surface area contributed by atoms with Gasteiger partial charge in [-0.05, 0) is 25.1 Å². The summed E-state index contributed by atoms with van der Waals surface area (Å²) in [6.45, 7) is 1.87. The predicted molar refractivity (Wildman–Crippen MR) is 94.9 cm³/mol. The summed E-state index contributed by atoms with van der Waals surface area (Å²) in [6, 6.07) is 15.2. The Morgan fingerprint density at radius 2 is 1.92 bits per heavy atom. The first-order valence-corrected chi connectivity index (χ1v) is 8.37. The van der Waals surface area contributed by atoms with Crippen molar-refractivity contribution in [3.05, 3.63) is 65.2 Å². The predicted octanol–water partition coefficient (Wildman–Crippen LogP) is 4.60. The molecular weight excluding hydrogens is 322 g/mol. The number of hydrogen-bond acceptors (Lipinski definition) is 5. The highest BCUT2D eigenvalue weighted by atomic mass is 32.1. The van der Waals surface area contributed by atoms with Gasteiger partial charge in [-0.3, -0.25) is 4.79 Å². The molecule has 0 amide bonds. The van der Waals surface area contributed by atoms with Crippen molar-refractivity contribution in [3.63, 3.8) is 0 Å². The summed E-state index contributed by atoms with van der Waals surface area (Å²) in [5.41, 5.74) is 2.55. The number of ether oxygens (including phenoxy) is 2. The quantitative estimate of drug-likeness (QED) is 0.616. The summed E-state index contributed by atoms with van der Waals surface area (Å²) in [5, 5.41) is 2.95. The molecule has 0 fully saturated rings. The summed E-state index contributed by atoms with van der Waals surface area (Å²) in [6.07, 6.45) is 0.